The number of nitrogens with zero attached hydrogens (tertiary/aromatic N) is 3. The number of nitrogens with two attached hydrogens (primary N) is 1. The monoisotopic (exact) mass is 444 g/mol. The van der Waals surface area contributed by atoms with Crippen molar-refractivity contribution in [1.82, 2.24) is 9.88 Å². The Bertz CT molecular complexity index is 546. The molecule has 0 spiro atoms. The van der Waals surface area contributed by atoms with Gasteiger partial charge in [0.1, 0.15) is 6.10 Å². The number of pyridine rings is 1. The van der Waals surface area contributed by atoms with E-state index in [1.807, 2.05) is 12.1 Å². The van der Waals surface area contributed by atoms with E-state index in [1.165, 1.54) is 25.7 Å². The molecule has 1 aliphatic heterocycles. The molecule has 1 atom stereocenters. The molecular formula is C18H29IN4O. The summed E-state index contributed by atoms with van der Waals surface area (Å²) >= 11 is 0. The number of rotatable bonds is 4. The van der Waals surface area contributed by atoms with Gasteiger partial charge in [-0.2, -0.15) is 0 Å². The van der Waals surface area contributed by atoms with E-state index in [4.69, 9.17) is 10.5 Å². The first-order valence-electron chi connectivity index (χ1n) is 8.88. The highest BCUT2D eigenvalue weighted by Gasteiger charge is 2.19. The fourth-order valence-corrected chi connectivity index (χ4v) is 3.48. The second kappa shape index (κ2) is 9.44. The predicted molar refractivity (Wildman–Crippen MR) is 108 cm³/mol. The molecule has 0 radical (unpaired) electrons. The van der Waals surface area contributed by atoms with Gasteiger partial charge in [0.05, 0.1) is 6.54 Å². The third kappa shape index (κ3) is 5.22. The number of hydrogen-bond donors (Lipinski definition) is 1. The maximum absolute atomic E-state index is 6.19. The Kier molecular flexibility index (Phi) is 7.58. The number of guanidine groups is 1. The van der Waals surface area contributed by atoms with Gasteiger partial charge in [-0.3, -0.25) is 0 Å². The molecule has 3 rings (SSSR count). The second-order valence-corrected chi connectivity index (χ2v) is 6.86. The lowest BCUT2D eigenvalue weighted by Crippen LogP contribution is -2.43. The Morgan fingerprint density at radius 2 is 2.12 bits per heavy atom. The molecule has 1 saturated heterocycles. The summed E-state index contributed by atoms with van der Waals surface area (Å²) in [6, 6.07) is 3.97. The maximum Gasteiger partial charge on any atom is 0.218 e. The van der Waals surface area contributed by atoms with Crippen molar-refractivity contribution in [3.63, 3.8) is 0 Å². The summed E-state index contributed by atoms with van der Waals surface area (Å²) in [5.74, 6) is 2.06. The molecule has 2 fully saturated rings. The summed E-state index contributed by atoms with van der Waals surface area (Å²) < 4.78 is 6.07. The molecule has 0 amide bonds. The molecule has 2 aliphatic rings. The van der Waals surface area contributed by atoms with Crippen molar-refractivity contribution >= 4 is 29.9 Å². The average molecular weight is 444 g/mol. The summed E-state index contributed by atoms with van der Waals surface area (Å²) in [5.41, 5.74) is 7.21. The van der Waals surface area contributed by atoms with Crippen molar-refractivity contribution < 1.29 is 4.74 Å². The molecule has 24 heavy (non-hydrogen) atoms. The number of aliphatic imine (C=N–C) groups is 1. The van der Waals surface area contributed by atoms with Crippen LogP contribution in [0.3, 0.4) is 0 Å². The molecular weight excluding hydrogens is 415 g/mol. The van der Waals surface area contributed by atoms with Gasteiger partial charge in [-0.15, -0.1) is 24.0 Å². The van der Waals surface area contributed by atoms with Crippen LogP contribution in [0, 0.1) is 5.92 Å². The van der Waals surface area contributed by atoms with Crippen molar-refractivity contribution in [1.29, 1.82) is 0 Å². The van der Waals surface area contributed by atoms with Gasteiger partial charge in [0.2, 0.25) is 5.88 Å². The molecule has 5 nitrogen and oxygen atoms in total. The van der Waals surface area contributed by atoms with Gasteiger partial charge in [-0.05, 0) is 50.5 Å². The zero-order valence-electron chi connectivity index (χ0n) is 14.5. The molecule has 1 aromatic rings. The standard InChI is InChI=1S/C18H28N4O.HI/c1-14-6-5-11-22(13-14)18(19)21-12-15-7-4-10-20-17(15)23-16-8-2-3-9-16;/h4,7,10,14,16H,2-3,5-6,8-9,11-13H2,1H3,(H2,19,21);1H. The van der Waals surface area contributed by atoms with Gasteiger partial charge in [0.15, 0.2) is 5.96 Å². The minimum absolute atomic E-state index is 0. The topological polar surface area (TPSA) is 63.7 Å². The smallest absolute Gasteiger partial charge is 0.218 e. The zero-order chi connectivity index (χ0) is 16.1. The van der Waals surface area contributed by atoms with Crippen molar-refractivity contribution in [3.05, 3.63) is 23.9 Å². The van der Waals surface area contributed by atoms with Crippen molar-refractivity contribution in [3.8, 4) is 5.88 Å². The van der Waals surface area contributed by atoms with Crippen LogP contribution < -0.4 is 10.5 Å². The Balaban J connectivity index is 0.00000208. The van der Waals surface area contributed by atoms with Crippen molar-refractivity contribution in [2.24, 2.45) is 16.6 Å². The van der Waals surface area contributed by atoms with Crippen LogP contribution in [0.25, 0.3) is 0 Å². The molecule has 1 aliphatic carbocycles. The normalized spacial score (nSPS) is 22.3. The van der Waals surface area contributed by atoms with Crippen LogP contribution in [0.1, 0.15) is 51.0 Å². The van der Waals surface area contributed by atoms with Crippen molar-refractivity contribution in [2.75, 3.05) is 13.1 Å². The Morgan fingerprint density at radius 3 is 2.88 bits per heavy atom. The highest BCUT2D eigenvalue weighted by atomic mass is 127. The van der Waals surface area contributed by atoms with E-state index in [9.17, 15) is 0 Å². The van der Waals surface area contributed by atoms with E-state index in [0.29, 0.717) is 24.5 Å². The minimum Gasteiger partial charge on any atom is -0.474 e. The van der Waals surface area contributed by atoms with E-state index in [1.54, 1.807) is 6.20 Å². The van der Waals surface area contributed by atoms with Crippen LogP contribution in [0.4, 0.5) is 0 Å². The van der Waals surface area contributed by atoms with Gasteiger partial charge < -0.3 is 15.4 Å². The number of likely N-dealkylation sites (tertiary alicyclic amines) is 1. The summed E-state index contributed by atoms with van der Waals surface area (Å²) in [6.07, 6.45) is 9.35. The summed E-state index contributed by atoms with van der Waals surface area (Å²) in [4.78, 5) is 11.2. The maximum atomic E-state index is 6.19. The molecule has 2 heterocycles. The van der Waals surface area contributed by atoms with E-state index in [0.717, 1.165) is 37.4 Å². The molecule has 0 bridgehead atoms. The molecule has 1 aromatic heterocycles. The first-order chi connectivity index (χ1) is 11.2. The fourth-order valence-electron chi connectivity index (χ4n) is 3.48. The molecule has 0 aromatic carbocycles. The number of ether oxygens (including phenoxy) is 1. The minimum atomic E-state index is 0. The summed E-state index contributed by atoms with van der Waals surface area (Å²) in [7, 11) is 0. The van der Waals surface area contributed by atoms with Gasteiger partial charge >= 0.3 is 0 Å². The van der Waals surface area contributed by atoms with Crippen LogP contribution in [0.5, 0.6) is 5.88 Å². The third-order valence-corrected chi connectivity index (χ3v) is 4.82. The molecule has 134 valence electrons. The SMILES string of the molecule is CC1CCCN(C(N)=NCc2cccnc2OC2CCCC2)C1.I. The first-order valence-corrected chi connectivity index (χ1v) is 8.88. The summed E-state index contributed by atoms with van der Waals surface area (Å²) in [5, 5.41) is 0. The third-order valence-electron chi connectivity index (χ3n) is 4.82. The second-order valence-electron chi connectivity index (χ2n) is 6.86. The molecule has 1 saturated carbocycles. The number of piperidine rings is 1. The van der Waals surface area contributed by atoms with E-state index >= 15 is 0 Å². The van der Waals surface area contributed by atoms with Crippen LogP contribution in [0.2, 0.25) is 0 Å². The van der Waals surface area contributed by atoms with Gasteiger partial charge in [0, 0.05) is 24.8 Å². The number of halogens is 1. The number of hydrogen-bond acceptors (Lipinski definition) is 3. The fraction of sp³-hybridized carbons (Fsp3) is 0.667. The molecule has 6 heteroatoms. The van der Waals surface area contributed by atoms with Crippen LogP contribution in [0.15, 0.2) is 23.3 Å². The molecule has 1 unspecified atom stereocenters. The Morgan fingerprint density at radius 1 is 1.33 bits per heavy atom. The molecule has 2 N–H and O–H groups in total. The van der Waals surface area contributed by atoms with Crippen LogP contribution >= 0.6 is 24.0 Å². The quantitative estimate of drug-likeness (QED) is 0.438. The van der Waals surface area contributed by atoms with E-state index in [2.05, 4.69) is 21.8 Å². The lowest BCUT2D eigenvalue weighted by Gasteiger charge is -2.31. The first kappa shape index (κ1) is 19.3. The lowest BCUT2D eigenvalue weighted by molar-refractivity contribution is 0.199. The Labute approximate surface area is 162 Å². The van der Waals surface area contributed by atoms with Gasteiger partial charge in [-0.1, -0.05) is 13.0 Å². The van der Waals surface area contributed by atoms with Gasteiger partial charge in [-0.25, -0.2) is 9.98 Å². The van der Waals surface area contributed by atoms with Crippen LogP contribution in [-0.2, 0) is 6.54 Å². The highest BCUT2D eigenvalue weighted by Crippen LogP contribution is 2.25. The van der Waals surface area contributed by atoms with Gasteiger partial charge in [0.25, 0.3) is 0 Å². The number of aromatic nitrogens is 1. The van der Waals surface area contributed by atoms with Crippen LogP contribution in [-0.4, -0.2) is 35.0 Å². The zero-order valence-corrected chi connectivity index (χ0v) is 16.8. The lowest BCUT2D eigenvalue weighted by atomic mass is 10.0. The highest BCUT2D eigenvalue weighted by molar-refractivity contribution is 14.0. The predicted octanol–water partition coefficient (Wildman–Crippen LogP) is 3.57. The van der Waals surface area contributed by atoms with E-state index in [-0.39, 0.29) is 24.0 Å². The van der Waals surface area contributed by atoms with Crippen molar-refractivity contribution in [2.45, 2.75) is 58.1 Å². The summed E-state index contributed by atoms with van der Waals surface area (Å²) in [6.45, 7) is 4.83. The van der Waals surface area contributed by atoms with E-state index < -0.39 is 0 Å². The average Bonchev–Trinajstić information content (AvgIpc) is 3.07. The largest absolute Gasteiger partial charge is 0.474 e. The Hall–Kier alpha value is -1.05.